The van der Waals surface area contributed by atoms with Crippen LogP contribution in [0.5, 0.6) is 0 Å². The van der Waals surface area contributed by atoms with Crippen LogP contribution in [0.4, 0.5) is 24.5 Å². The third kappa shape index (κ3) is 4.31. The monoisotopic (exact) mass is 276 g/mol. The van der Waals surface area contributed by atoms with E-state index in [-0.39, 0.29) is 17.9 Å². The minimum atomic E-state index is -4.47. The topological polar surface area (TPSA) is 49.5 Å². The fraction of sp³-hybridized carbons (Fsp3) is 0.538. The van der Waals surface area contributed by atoms with Crippen molar-refractivity contribution in [2.75, 3.05) is 23.7 Å². The van der Waals surface area contributed by atoms with Crippen LogP contribution in [-0.2, 0) is 6.18 Å². The summed E-state index contributed by atoms with van der Waals surface area (Å²) in [6, 6.07) is 3.69. The second kappa shape index (κ2) is 5.28. The number of likely N-dealkylation sites (N-methyl/N-ethyl adjacent to an activating group) is 1. The van der Waals surface area contributed by atoms with Gasteiger partial charge in [-0.15, -0.1) is 0 Å². The van der Waals surface area contributed by atoms with Gasteiger partial charge in [0.1, 0.15) is 0 Å². The quantitative estimate of drug-likeness (QED) is 0.831. The highest BCUT2D eigenvalue weighted by Crippen LogP contribution is 2.38. The van der Waals surface area contributed by atoms with Crippen molar-refractivity contribution in [1.82, 2.24) is 0 Å². The van der Waals surface area contributed by atoms with Crippen LogP contribution in [0.25, 0.3) is 0 Å². The molecule has 0 aromatic heterocycles. The largest absolute Gasteiger partial charge is 0.418 e. The molecule has 0 radical (unpaired) electrons. The normalized spacial score (nSPS) is 12.6. The molecule has 0 bridgehead atoms. The van der Waals surface area contributed by atoms with Crippen LogP contribution in [0.15, 0.2) is 18.2 Å². The molecule has 6 heteroatoms. The number of aliphatic hydroxyl groups is 1. The fourth-order valence-electron chi connectivity index (χ4n) is 1.89. The number of nitrogen functional groups attached to an aromatic ring is 1. The number of nitrogens with zero attached hydrogens (tertiary/aromatic N) is 1. The summed E-state index contributed by atoms with van der Waals surface area (Å²) in [6.45, 7) is 5.32. The molecule has 0 aliphatic heterocycles. The van der Waals surface area contributed by atoms with Crippen LogP contribution in [0, 0.1) is 0 Å². The van der Waals surface area contributed by atoms with Gasteiger partial charge in [-0.1, -0.05) is 0 Å². The van der Waals surface area contributed by atoms with E-state index in [4.69, 9.17) is 5.73 Å². The Balaban J connectivity index is 3.24. The predicted octanol–water partition coefficient (Wildman–Crippen LogP) is 2.88. The summed E-state index contributed by atoms with van der Waals surface area (Å²) in [6.07, 6.45) is -4.47. The smallest absolute Gasteiger partial charge is 0.399 e. The Labute approximate surface area is 110 Å². The number of benzene rings is 1. The van der Waals surface area contributed by atoms with Gasteiger partial charge in [0, 0.05) is 24.5 Å². The van der Waals surface area contributed by atoms with Gasteiger partial charge in [0.15, 0.2) is 0 Å². The zero-order valence-electron chi connectivity index (χ0n) is 11.3. The lowest BCUT2D eigenvalue weighted by Crippen LogP contribution is -2.39. The van der Waals surface area contributed by atoms with E-state index >= 15 is 0 Å². The van der Waals surface area contributed by atoms with Gasteiger partial charge in [-0.2, -0.15) is 13.2 Å². The highest BCUT2D eigenvalue weighted by atomic mass is 19.4. The highest BCUT2D eigenvalue weighted by molar-refractivity contribution is 5.61. The number of halogens is 3. The van der Waals surface area contributed by atoms with Crippen LogP contribution >= 0.6 is 0 Å². The molecular formula is C13H19F3N2O. The molecule has 1 rings (SSSR count). The molecule has 3 nitrogen and oxygen atoms in total. The number of rotatable bonds is 4. The standard InChI is InChI=1S/C13H19F3N2O/c1-4-18(8-12(2,3)19)11-6-5-9(17)7-10(11)13(14,15)16/h5-7,19H,4,8,17H2,1-3H3. The molecule has 0 heterocycles. The molecule has 0 unspecified atom stereocenters. The van der Waals surface area contributed by atoms with Crippen LogP contribution in [0.2, 0.25) is 0 Å². The predicted molar refractivity (Wildman–Crippen MR) is 70.0 cm³/mol. The molecule has 0 saturated heterocycles. The van der Waals surface area contributed by atoms with E-state index in [0.29, 0.717) is 6.54 Å². The molecule has 0 atom stereocenters. The first-order chi connectivity index (χ1) is 8.54. The first kappa shape index (κ1) is 15.6. The molecule has 19 heavy (non-hydrogen) atoms. The van der Waals surface area contributed by atoms with Crippen LogP contribution < -0.4 is 10.6 Å². The molecule has 0 spiro atoms. The highest BCUT2D eigenvalue weighted by Gasteiger charge is 2.35. The Morgan fingerprint density at radius 1 is 1.26 bits per heavy atom. The van der Waals surface area contributed by atoms with Crippen molar-refractivity contribution in [3.8, 4) is 0 Å². The molecule has 0 aliphatic carbocycles. The van der Waals surface area contributed by atoms with Gasteiger partial charge in [0.2, 0.25) is 0 Å². The number of nitrogens with two attached hydrogens (primary N) is 1. The van der Waals surface area contributed by atoms with E-state index in [0.717, 1.165) is 6.07 Å². The summed E-state index contributed by atoms with van der Waals surface area (Å²) in [5, 5.41) is 9.78. The average Bonchev–Trinajstić information content (AvgIpc) is 2.23. The minimum Gasteiger partial charge on any atom is -0.399 e. The lowest BCUT2D eigenvalue weighted by Gasteiger charge is -2.31. The maximum absolute atomic E-state index is 13.0. The first-order valence-corrected chi connectivity index (χ1v) is 5.98. The van der Waals surface area contributed by atoms with Gasteiger partial charge in [-0.05, 0) is 39.0 Å². The van der Waals surface area contributed by atoms with Gasteiger partial charge >= 0.3 is 6.18 Å². The molecule has 108 valence electrons. The molecule has 3 N–H and O–H groups in total. The summed E-state index contributed by atoms with van der Waals surface area (Å²) < 4.78 is 39.0. The molecule has 0 fully saturated rings. The Morgan fingerprint density at radius 2 is 1.84 bits per heavy atom. The fourth-order valence-corrected chi connectivity index (χ4v) is 1.89. The van der Waals surface area contributed by atoms with Crippen molar-refractivity contribution >= 4 is 11.4 Å². The summed E-state index contributed by atoms with van der Waals surface area (Å²) in [5.41, 5.74) is 3.66. The van der Waals surface area contributed by atoms with Crippen molar-refractivity contribution in [3.05, 3.63) is 23.8 Å². The summed E-state index contributed by atoms with van der Waals surface area (Å²) in [5.74, 6) is 0. The molecule has 1 aromatic rings. The van der Waals surface area contributed by atoms with Gasteiger partial charge in [-0.25, -0.2) is 0 Å². The van der Waals surface area contributed by atoms with E-state index in [2.05, 4.69) is 0 Å². The van der Waals surface area contributed by atoms with Crippen molar-refractivity contribution in [2.45, 2.75) is 32.5 Å². The molecule has 1 aromatic carbocycles. The summed E-state index contributed by atoms with van der Waals surface area (Å²) in [7, 11) is 0. The van der Waals surface area contributed by atoms with Crippen molar-refractivity contribution < 1.29 is 18.3 Å². The van der Waals surface area contributed by atoms with Gasteiger partial charge < -0.3 is 15.7 Å². The first-order valence-electron chi connectivity index (χ1n) is 5.98. The maximum atomic E-state index is 13.0. The molecule has 0 saturated carbocycles. The van der Waals surface area contributed by atoms with Crippen LogP contribution in [0.1, 0.15) is 26.3 Å². The van der Waals surface area contributed by atoms with Gasteiger partial charge in [0.25, 0.3) is 0 Å². The van der Waals surface area contributed by atoms with E-state index in [1.807, 2.05) is 0 Å². The maximum Gasteiger partial charge on any atom is 0.418 e. The Hall–Kier alpha value is -1.43. The van der Waals surface area contributed by atoms with E-state index in [1.165, 1.54) is 17.0 Å². The van der Waals surface area contributed by atoms with Gasteiger partial charge in [-0.3, -0.25) is 0 Å². The number of alkyl halides is 3. The summed E-state index contributed by atoms with van der Waals surface area (Å²) in [4.78, 5) is 1.49. The van der Waals surface area contributed by atoms with Crippen molar-refractivity contribution in [2.24, 2.45) is 0 Å². The number of hydrogen-bond donors (Lipinski definition) is 2. The lowest BCUT2D eigenvalue weighted by atomic mass is 10.1. The number of anilines is 2. The molecule has 0 aliphatic rings. The lowest BCUT2D eigenvalue weighted by molar-refractivity contribution is -0.137. The minimum absolute atomic E-state index is 0.0336. The Bertz CT molecular complexity index is 438. The number of hydrogen-bond acceptors (Lipinski definition) is 3. The van der Waals surface area contributed by atoms with Gasteiger partial charge in [0.05, 0.1) is 11.2 Å². The van der Waals surface area contributed by atoms with Crippen LogP contribution in [0.3, 0.4) is 0 Å². The Morgan fingerprint density at radius 3 is 2.26 bits per heavy atom. The SMILES string of the molecule is CCN(CC(C)(C)O)c1ccc(N)cc1C(F)(F)F. The van der Waals surface area contributed by atoms with Crippen molar-refractivity contribution in [3.63, 3.8) is 0 Å². The Kier molecular flexibility index (Phi) is 4.35. The van der Waals surface area contributed by atoms with E-state index in [9.17, 15) is 18.3 Å². The van der Waals surface area contributed by atoms with Crippen LogP contribution in [-0.4, -0.2) is 23.8 Å². The van der Waals surface area contributed by atoms with E-state index in [1.54, 1.807) is 20.8 Å². The van der Waals surface area contributed by atoms with Crippen molar-refractivity contribution in [1.29, 1.82) is 0 Å². The zero-order chi connectivity index (χ0) is 14.8. The molecule has 0 amide bonds. The average molecular weight is 276 g/mol. The second-order valence-electron chi connectivity index (χ2n) is 5.10. The third-order valence-corrected chi connectivity index (χ3v) is 2.63. The summed E-state index contributed by atoms with van der Waals surface area (Å²) >= 11 is 0. The second-order valence-corrected chi connectivity index (χ2v) is 5.10. The zero-order valence-corrected chi connectivity index (χ0v) is 11.3. The van der Waals surface area contributed by atoms with E-state index < -0.39 is 17.3 Å². The third-order valence-electron chi connectivity index (χ3n) is 2.63. The molecular weight excluding hydrogens is 257 g/mol.